The molecule has 6 nitrogen and oxygen atoms in total. The quantitative estimate of drug-likeness (QED) is 0.364. The molecule has 0 aromatic heterocycles. The van der Waals surface area contributed by atoms with Gasteiger partial charge in [0.2, 0.25) is 5.91 Å². The highest BCUT2D eigenvalue weighted by Crippen LogP contribution is 2.15. The summed E-state index contributed by atoms with van der Waals surface area (Å²) in [6.07, 6.45) is 4.84. The fourth-order valence-electron chi connectivity index (χ4n) is 2.74. The van der Waals surface area contributed by atoms with Gasteiger partial charge in [0.25, 0.3) is 0 Å². The largest absolute Gasteiger partial charge is 0.492 e. The van der Waals surface area contributed by atoms with Crippen LogP contribution in [0.3, 0.4) is 0 Å². The normalized spacial score (nSPS) is 11.7. The van der Waals surface area contributed by atoms with Gasteiger partial charge in [-0.05, 0) is 38.0 Å². The second-order valence-corrected chi connectivity index (χ2v) is 6.55. The molecular weight excluding hydrogens is 358 g/mol. The lowest BCUT2D eigenvalue weighted by Crippen LogP contribution is -2.29. The first kappa shape index (κ1) is 24.0. The van der Waals surface area contributed by atoms with Crippen LogP contribution in [-0.2, 0) is 25.5 Å². The van der Waals surface area contributed by atoms with Gasteiger partial charge in [0.15, 0.2) is 6.10 Å². The molecule has 1 unspecified atom stereocenters. The fourth-order valence-corrected chi connectivity index (χ4v) is 2.74. The zero-order valence-electron chi connectivity index (χ0n) is 17.5. The standard InChI is InChI=1S/C22H35NO5/c1-4-7-8-9-10-21(24)23-15-16-28-19-13-11-18(12-14-19)17-20(26-5-2)22(25)27-6-3/h11-14,20H,4-10,15-17H2,1-3H3,(H,23,24). The fraction of sp³-hybridized carbons (Fsp3) is 0.636. The van der Waals surface area contributed by atoms with Gasteiger partial charge < -0.3 is 19.5 Å². The average molecular weight is 394 g/mol. The highest BCUT2D eigenvalue weighted by molar-refractivity contribution is 5.75. The zero-order chi connectivity index (χ0) is 20.6. The molecule has 1 rings (SSSR count). The highest BCUT2D eigenvalue weighted by atomic mass is 16.6. The van der Waals surface area contributed by atoms with Gasteiger partial charge in [-0.1, -0.05) is 38.3 Å². The molecule has 1 atom stereocenters. The van der Waals surface area contributed by atoms with Gasteiger partial charge in [-0.2, -0.15) is 0 Å². The Morgan fingerprint density at radius 3 is 2.39 bits per heavy atom. The van der Waals surface area contributed by atoms with E-state index in [0.717, 1.165) is 24.2 Å². The van der Waals surface area contributed by atoms with Crippen LogP contribution in [0.4, 0.5) is 0 Å². The third-order valence-corrected chi connectivity index (χ3v) is 4.21. The van der Waals surface area contributed by atoms with E-state index in [1.807, 2.05) is 31.2 Å². The number of hydrogen-bond acceptors (Lipinski definition) is 5. The van der Waals surface area contributed by atoms with E-state index in [2.05, 4.69) is 12.2 Å². The van der Waals surface area contributed by atoms with Crippen LogP contribution >= 0.6 is 0 Å². The van der Waals surface area contributed by atoms with Crippen LogP contribution in [0.5, 0.6) is 5.75 Å². The molecule has 0 aliphatic rings. The number of rotatable bonds is 15. The lowest BCUT2D eigenvalue weighted by Gasteiger charge is -2.16. The van der Waals surface area contributed by atoms with Crippen LogP contribution in [0, 0.1) is 0 Å². The van der Waals surface area contributed by atoms with Gasteiger partial charge >= 0.3 is 5.97 Å². The molecule has 6 heteroatoms. The maximum absolute atomic E-state index is 11.9. The van der Waals surface area contributed by atoms with E-state index in [4.69, 9.17) is 14.2 Å². The van der Waals surface area contributed by atoms with Crippen molar-refractivity contribution in [3.8, 4) is 5.75 Å². The Kier molecular flexibility index (Phi) is 12.8. The lowest BCUT2D eigenvalue weighted by atomic mass is 10.1. The van der Waals surface area contributed by atoms with Crippen LogP contribution in [0.2, 0.25) is 0 Å². The summed E-state index contributed by atoms with van der Waals surface area (Å²) in [6, 6.07) is 7.53. The van der Waals surface area contributed by atoms with E-state index < -0.39 is 6.10 Å². The summed E-state index contributed by atoms with van der Waals surface area (Å²) >= 11 is 0. The number of carbonyl (C=O) groups excluding carboxylic acids is 2. The van der Waals surface area contributed by atoms with Crippen molar-refractivity contribution in [2.45, 2.75) is 65.4 Å². The SMILES string of the molecule is CCCCCCC(=O)NCCOc1ccc(CC(OCC)C(=O)OCC)cc1. The Morgan fingerprint density at radius 2 is 1.75 bits per heavy atom. The second-order valence-electron chi connectivity index (χ2n) is 6.55. The van der Waals surface area contributed by atoms with Crippen molar-refractivity contribution >= 4 is 11.9 Å². The molecule has 0 heterocycles. The minimum absolute atomic E-state index is 0.0796. The van der Waals surface area contributed by atoms with Crippen molar-refractivity contribution in [1.29, 1.82) is 0 Å². The molecule has 158 valence electrons. The van der Waals surface area contributed by atoms with E-state index in [1.54, 1.807) is 6.92 Å². The summed E-state index contributed by atoms with van der Waals surface area (Å²) in [4.78, 5) is 23.6. The number of esters is 1. The molecule has 1 amide bonds. The van der Waals surface area contributed by atoms with Crippen molar-refractivity contribution in [1.82, 2.24) is 5.32 Å². The maximum Gasteiger partial charge on any atom is 0.335 e. The smallest absolute Gasteiger partial charge is 0.335 e. The molecule has 0 aliphatic carbocycles. The monoisotopic (exact) mass is 393 g/mol. The first-order valence-electron chi connectivity index (χ1n) is 10.4. The second kappa shape index (κ2) is 14.9. The van der Waals surface area contributed by atoms with Gasteiger partial charge in [-0.3, -0.25) is 4.79 Å². The van der Waals surface area contributed by atoms with Crippen molar-refractivity contribution in [3.05, 3.63) is 29.8 Å². The van der Waals surface area contributed by atoms with Crippen LogP contribution in [0.1, 0.15) is 58.4 Å². The van der Waals surface area contributed by atoms with Crippen LogP contribution < -0.4 is 10.1 Å². The summed E-state index contributed by atoms with van der Waals surface area (Å²) in [5.74, 6) is 0.469. The van der Waals surface area contributed by atoms with Gasteiger partial charge in [0, 0.05) is 19.4 Å². The maximum atomic E-state index is 11.9. The van der Waals surface area contributed by atoms with E-state index in [1.165, 1.54) is 12.8 Å². The van der Waals surface area contributed by atoms with Crippen LogP contribution in [-0.4, -0.2) is 44.3 Å². The third kappa shape index (κ3) is 10.3. The Labute approximate surface area is 168 Å². The van der Waals surface area contributed by atoms with E-state index >= 15 is 0 Å². The van der Waals surface area contributed by atoms with Gasteiger partial charge in [0.05, 0.1) is 13.2 Å². The molecule has 28 heavy (non-hydrogen) atoms. The van der Waals surface area contributed by atoms with E-state index in [0.29, 0.717) is 39.2 Å². The summed E-state index contributed by atoms with van der Waals surface area (Å²) in [7, 11) is 0. The van der Waals surface area contributed by atoms with E-state index in [-0.39, 0.29) is 11.9 Å². The zero-order valence-corrected chi connectivity index (χ0v) is 17.5. The minimum Gasteiger partial charge on any atom is -0.492 e. The molecule has 0 saturated carbocycles. The Hall–Kier alpha value is -2.08. The molecule has 0 aliphatic heterocycles. The summed E-state index contributed by atoms with van der Waals surface area (Å²) in [5, 5.41) is 2.87. The molecule has 0 radical (unpaired) electrons. The lowest BCUT2D eigenvalue weighted by molar-refractivity contribution is -0.156. The molecule has 1 aromatic carbocycles. The Bertz CT molecular complexity index is 559. The molecular formula is C22H35NO5. The number of carbonyl (C=O) groups is 2. The summed E-state index contributed by atoms with van der Waals surface area (Å²) in [5.41, 5.74) is 0.972. The molecule has 1 N–H and O–H groups in total. The third-order valence-electron chi connectivity index (χ3n) is 4.21. The van der Waals surface area contributed by atoms with Gasteiger partial charge in [0.1, 0.15) is 12.4 Å². The Balaban J connectivity index is 2.32. The van der Waals surface area contributed by atoms with E-state index in [9.17, 15) is 9.59 Å². The number of benzene rings is 1. The van der Waals surface area contributed by atoms with Crippen LogP contribution in [0.15, 0.2) is 24.3 Å². The van der Waals surface area contributed by atoms with Crippen molar-refractivity contribution in [2.75, 3.05) is 26.4 Å². The molecule has 0 fully saturated rings. The first-order chi connectivity index (χ1) is 13.6. The van der Waals surface area contributed by atoms with Crippen LogP contribution in [0.25, 0.3) is 0 Å². The molecule has 0 spiro atoms. The molecule has 1 aromatic rings. The number of ether oxygens (including phenoxy) is 3. The summed E-state index contributed by atoms with van der Waals surface area (Å²) in [6.45, 7) is 7.49. The van der Waals surface area contributed by atoms with Gasteiger partial charge in [-0.25, -0.2) is 4.79 Å². The summed E-state index contributed by atoms with van der Waals surface area (Å²) < 4.78 is 16.2. The topological polar surface area (TPSA) is 73.9 Å². The number of hydrogen-bond donors (Lipinski definition) is 1. The number of unbranched alkanes of at least 4 members (excludes halogenated alkanes) is 3. The average Bonchev–Trinajstić information content (AvgIpc) is 2.69. The van der Waals surface area contributed by atoms with Crippen molar-refractivity contribution in [2.24, 2.45) is 0 Å². The van der Waals surface area contributed by atoms with Gasteiger partial charge in [-0.15, -0.1) is 0 Å². The van der Waals surface area contributed by atoms with Crippen molar-refractivity contribution in [3.63, 3.8) is 0 Å². The molecule has 0 bridgehead atoms. The highest BCUT2D eigenvalue weighted by Gasteiger charge is 2.20. The molecule has 0 saturated heterocycles. The number of amides is 1. The number of nitrogens with one attached hydrogen (secondary N) is 1. The predicted octanol–water partition coefficient (Wildman–Crippen LogP) is 3.66. The Morgan fingerprint density at radius 1 is 1.00 bits per heavy atom. The predicted molar refractivity (Wildman–Crippen MR) is 109 cm³/mol. The van der Waals surface area contributed by atoms with Crippen molar-refractivity contribution < 1.29 is 23.8 Å². The first-order valence-corrected chi connectivity index (χ1v) is 10.4. The minimum atomic E-state index is -0.593.